The summed E-state index contributed by atoms with van der Waals surface area (Å²) in [7, 11) is 6.26. The van der Waals surface area contributed by atoms with E-state index < -0.39 is 54.0 Å². The Morgan fingerprint density at radius 3 is 2.26 bits per heavy atom. The first-order valence-corrected chi connectivity index (χ1v) is 24.3. The molecule has 3 heterocycles. The third-order valence-corrected chi connectivity index (χ3v) is 14.9. The molecule has 65 heavy (non-hydrogen) atoms. The van der Waals surface area contributed by atoms with E-state index in [9.17, 15) is 29.4 Å². The molecule has 3 aliphatic heterocycles. The van der Waals surface area contributed by atoms with Gasteiger partial charge in [0.1, 0.15) is 30.1 Å². The van der Waals surface area contributed by atoms with Crippen molar-refractivity contribution in [1.29, 1.82) is 0 Å². The molecule has 1 amide bonds. The molecule has 1 saturated carbocycles. The highest BCUT2D eigenvalue weighted by molar-refractivity contribution is 5.87. The largest absolute Gasteiger partial charge is 0.460 e. The number of cyclic esters (lactones) is 1. The van der Waals surface area contributed by atoms with Crippen LogP contribution in [0.4, 0.5) is 0 Å². The molecule has 0 radical (unpaired) electrons. The SMILES string of the molecule is CO[C@H]1C[C@@H]2CC[C@@H](C)[C@](OC)(CC(=O)N3CCCCC3C(=O)OC([C@H](C)CC3CC[C@@H](O)[C@H](OC)C3)CC(=O)[C@H](C)/C=C(\C)C(O)[C@@H](OC)C(=O)C(C)CC(C)/C=C/C=CC=C1C)O2. The molecule has 0 aromatic carbocycles. The molecular formula is C52H83NO12. The number of amides is 1. The van der Waals surface area contributed by atoms with Gasteiger partial charge in [-0.15, -0.1) is 0 Å². The number of carbonyl (C=O) groups is 4. The maximum Gasteiger partial charge on any atom is 0.329 e. The fraction of sp³-hybridized carbons (Fsp3) is 0.769. The van der Waals surface area contributed by atoms with Gasteiger partial charge in [-0.05, 0) is 107 Å². The van der Waals surface area contributed by atoms with Gasteiger partial charge in [0, 0.05) is 65.6 Å². The number of hydrogen-bond acceptors (Lipinski definition) is 12. The van der Waals surface area contributed by atoms with Crippen molar-refractivity contribution in [3.63, 3.8) is 0 Å². The van der Waals surface area contributed by atoms with Crippen molar-refractivity contribution >= 4 is 23.4 Å². The van der Waals surface area contributed by atoms with Gasteiger partial charge in [0.15, 0.2) is 11.6 Å². The van der Waals surface area contributed by atoms with Gasteiger partial charge in [0.05, 0.1) is 30.8 Å². The van der Waals surface area contributed by atoms with Gasteiger partial charge in [-0.25, -0.2) is 4.79 Å². The van der Waals surface area contributed by atoms with E-state index in [4.69, 9.17) is 28.4 Å². The smallest absolute Gasteiger partial charge is 0.329 e. The number of carbonyl (C=O) groups excluding carboxylic acids is 4. The molecule has 0 aromatic rings. The van der Waals surface area contributed by atoms with Gasteiger partial charge in [0.2, 0.25) is 5.91 Å². The number of methoxy groups -OCH3 is 4. The number of allylic oxidation sites excluding steroid dienone is 6. The number of ketones is 2. The zero-order valence-corrected chi connectivity index (χ0v) is 41.4. The standard InChI is InChI=1S/C52H83NO12/c1-32-17-13-12-14-18-33(2)44(60-8)29-40-22-20-38(7)52(63-11,65-40)31-47(56)53-24-16-15-19-41(53)51(59)64-45(35(4)27-39-21-23-42(54)46(28-39)61-9)30-43(55)34(3)26-37(6)49(58)50(62-10)48(57)36(5)25-32/h12-14,17-18,26,32,34-36,38-42,44-46,49-50,54,58H,15-16,19-25,27-31H2,1-11H3/b14-12?,17-13+,33-18?,37-26+/t32?,34-,35-,36?,38-,39?,40+,41?,42-,44+,45?,46-,49?,50+,52+/m1/s1. The Kier molecular flexibility index (Phi) is 21.8. The Morgan fingerprint density at radius 2 is 1.58 bits per heavy atom. The van der Waals surface area contributed by atoms with Crippen LogP contribution in [-0.2, 0) is 47.6 Å². The minimum absolute atomic E-state index is 0.0606. The number of hydrogen-bond donors (Lipinski definition) is 2. The molecular weight excluding hydrogens is 831 g/mol. The highest BCUT2D eigenvalue weighted by Gasteiger charge is 2.48. The maximum absolute atomic E-state index is 14.5. The number of fused-ring (bicyclic) bond motifs is 3. The average Bonchev–Trinajstić information content (AvgIpc) is 3.28. The number of esters is 1. The van der Waals surface area contributed by atoms with E-state index in [2.05, 4.69) is 0 Å². The van der Waals surface area contributed by atoms with E-state index in [0.717, 1.165) is 37.7 Å². The molecule has 2 saturated heterocycles. The van der Waals surface area contributed by atoms with E-state index in [-0.39, 0.29) is 72.3 Å². The van der Waals surface area contributed by atoms with Crippen LogP contribution in [0.2, 0.25) is 0 Å². The molecule has 6 unspecified atom stereocenters. The monoisotopic (exact) mass is 914 g/mol. The molecule has 3 fully saturated rings. The van der Waals surface area contributed by atoms with E-state index >= 15 is 0 Å². The molecule has 15 atom stereocenters. The molecule has 4 rings (SSSR count). The summed E-state index contributed by atoms with van der Waals surface area (Å²) in [4.78, 5) is 58.4. The maximum atomic E-state index is 14.5. The summed E-state index contributed by atoms with van der Waals surface area (Å²) in [6.45, 7) is 13.7. The Bertz CT molecular complexity index is 1690. The lowest BCUT2D eigenvalue weighted by Gasteiger charge is -2.46. The molecule has 13 heteroatoms. The molecule has 0 spiro atoms. The van der Waals surface area contributed by atoms with Crippen LogP contribution in [0.5, 0.6) is 0 Å². The summed E-state index contributed by atoms with van der Waals surface area (Å²) in [6, 6.07) is -0.847. The van der Waals surface area contributed by atoms with Crippen LogP contribution in [0.1, 0.15) is 132 Å². The Balaban J connectivity index is 1.69. The molecule has 2 N–H and O–H groups in total. The number of ether oxygens (including phenoxy) is 6. The number of aliphatic hydroxyl groups is 2. The second kappa shape index (κ2) is 25.9. The first-order chi connectivity index (χ1) is 30.9. The van der Waals surface area contributed by atoms with E-state index in [1.165, 1.54) is 7.11 Å². The Morgan fingerprint density at radius 1 is 0.846 bits per heavy atom. The number of piperidine rings is 1. The second-order valence-corrected chi connectivity index (χ2v) is 19.8. The minimum Gasteiger partial charge on any atom is -0.460 e. The second-order valence-electron chi connectivity index (χ2n) is 19.8. The fourth-order valence-electron chi connectivity index (χ4n) is 10.5. The predicted molar refractivity (Wildman–Crippen MR) is 250 cm³/mol. The highest BCUT2D eigenvalue weighted by atomic mass is 16.7. The molecule has 0 aromatic heterocycles. The van der Waals surface area contributed by atoms with Crippen molar-refractivity contribution < 1.29 is 57.8 Å². The van der Waals surface area contributed by atoms with Crippen molar-refractivity contribution in [3.8, 4) is 0 Å². The van der Waals surface area contributed by atoms with Gasteiger partial charge in [0.25, 0.3) is 0 Å². The summed E-state index contributed by atoms with van der Waals surface area (Å²) >= 11 is 0. The summed E-state index contributed by atoms with van der Waals surface area (Å²) < 4.78 is 36.4. The van der Waals surface area contributed by atoms with Gasteiger partial charge in [-0.3, -0.25) is 14.4 Å². The van der Waals surface area contributed by atoms with Crippen molar-refractivity contribution in [2.45, 2.75) is 186 Å². The van der Waals surface area contributed by atoms with Gasteiger partial charge < -0.3 is 43.5 Å². The van der Waals surface area contributed by atoms with Crippen LogP contribution in [-0.4, -0.2) is 128 Å². The zero-order chi connectivity index (χ0) is 48.0. The van der Waals surface area contributed by atoms with Crippen molar-refractivity contribution in [2.24, 2.45) is 35.5 Å². The first-order valence-electron chi connectivity index (χ1n) is 24.3. The Labute approximate surface area is 389 Å². The lowest BCUT2D eigenvalue weighted by Crippen LogP contribution is -2.55. The van der Waals surface area contributed by atoms with E-state index in [0.29, 0.717) is 50.6 Å². The third kappa shape index (κ3) is 15.0. The average molecular weight is 914 g/mol. The van der Waals surface area contributed by atoms with Crippen LogP contribution < -0.4 is 0 Å². The summed E-state index contributed by atoms with van der Waals surface area (Å²) in [5.41, 5.74) is 1.44. The summed E-state index contributed by atoms with van der Waals surface area (Å²) in [5, 5.41) is 22.0. The van der Waals surface area contributed by atoms with Crippen LogP contribution in [0.15, 0.2) is 47.6 Å². The van der Waals surface area contributed by atoms with Crippen molar-refractivity contribution in [1.82, 2.24) is 4.90 Å². The van der Waals surface area contributed by atoms with Crippen LogP contribution in [0.3, 0.4) is 0 Å². The van der Waals surface area contributed by atoms with Crippen molar-refractivity contribution in [2.75, 3.05) is 35.0 Å². The molecule has 1 aliphatic carbocycles. The molecule has 4 aliphatic rings. The summed E-state index contributed by atoms with van der Waals surface area (Å²) in [5.74, 6) is -3.62. The lowest BCUT2D eigenvalue weighted by atomic mass is 9.78. The Hall–Kier alpha value is -3.04. The lowest BCUT2D eigenvalue weighted by molar-refractivity contribution is -0.297. The van der Waals surface area contributed by atoms with Crippen LogP contribution in [0, 0.1) is 35.5 Å². The fourth-order valence-corrected chi connectivity index (χ4v) is 10.5. The quantitative estimate of drug-likeness (QED) is 0.190. The van der Waals surface area contributed by atoms with E-state index in [1.54, 1.807) is 46.2 Å². The predicted octanol–water partition coefficient (Wildman–Crippen LogP) is 7.66. The van der Waals surface area contributed by atoms with Gasteiger partial charge in [-0.1, -0.05) is 71.1 Å². The van der Waals surface area contributed by atoms with Gasteiger partial charge in [-0.2, -0.15) is 0 Å². The van der Waals surface area contributed by atoms with Crippen LogP contribution in [0.25, 0.3) is 0 Å². The zero-order valence-electron chi connectivity index (χ0n) is 41.4. The minimum atomic E-state index is -1.27. The first kappa shape index (κ1) is 54.6. The topological polar surface area (TPSA) is 167 Å². The normalized spacial score (nSPS) is 39.1. The summed E-state index contributed by atoms with van der Waals surface area (Å²) in [6.07, 6.45) is 14.1. The van der Waals surface area contributed by atoms with Crippen molar-refractivity contribution in [3.05, 3.63) is 47.6 Å². The molecule has 368 valence electrons. The third-order valence-electron chi connectivity index (χ3n) is 14.9. The highest BCUT2D eigenvalue weighted by Crippen LogP contribution is 2.41. The molecule has 13 nitrogen and oxygen atoms in total. The number of Topliss-reactive ketones (excluding diaryl/α,β-unsaturated/α-hetero) is 2. The molecule has 2 bridgehead atoms. The van der Waals surface area contributed by atoms with Gasteiger partial charge >= 0.3 is 5.97 Å². The number of aliphatic hydroxyl groups excluding tert-OH is 2. The van der Waals surface area contributed by atoms with E-state index in [1.807, 2.05) is 65.0 Å². The van der Waals surface area contributed by atoms with Crippen LogP contribution >= 0.6 is 0 Å². The number of rotatable bonds is 7. The number of nitrogens with zero attached hydrogens (tertiary/aromatic N) is 1.